The number of unbranched alkanes of at least 4 members (excludes halogenated alkanes) is 2. The van der Waals surface area contributed by atoms with Gasteiger partial charge in [-0.15, -0.1) is 0 Å². The Morgan fingerprint density at radius 1 is 1.05 bits per heavy atom. The van der Waals surface area contributed by atoms with Crippen molar-refractivity contribution >= 4 is 5.91 Å². The Morgan fingerprint density at radius 3 is 2.47 bits per heavy atom. The molecule has 2 aliphatic rings. The van der Waals surface area contributed by atoms with Gasteiger partial charge >= 0.3 is 0 Å². The summed E-state index contributed by atoms with van der Waals surface area (Å²) in [7, 11) is 2.28. The van der Waals surface area contributed by atoms with Gasteiger partial charge in [0.2, 0.25) is 5.91 Å². The normalized spacial score (nSPS) is 20.7. The first-order chi connectivity index (χ1) is 9.27. The van der Waals surface area contributed by atoms with Gasteiger partial charge in [0, 0.05) is 18.5 Å². The van der Waals surface area contributed by atoms with Gasteiger partial charge in [0.1, 0.15) is 0 Å². The van der Waals surface area contributed by atoms with E-state index in [9.17, 15) is 4.79 Å². The van der Waals surface area contributed by atoms with Crippen LogP contribution in [0.4, 0.5) is 0 Å². The summed E-state index contributed by atoms with van der Waals surface area (Å²) in [5.41, 5.74) is 0. The fourth-order valence-corrected chi connectivity index (χ4v) is 3.07. The van der Waals surface area contributed by atoms with Crippen molar-refractivity contribution in [3.05, 3.63) is 0 Å². The molecule has 2 rings (SSSR count). The lowest BCUT2D eigenvalue weighted by atomic mass is 9.94. The number of amides is 1. The molecule has 110 valence electrons. The second kappa shape index (κ2) is 7.88. The maximum absolute atomic E-state index is 11.4. The Kier molecular flexibility index (Phi) is 6.15. The molecule has 19 heavy (non-hydrogen) atoms. The number of carbonyl (C=O) groups excluding carboxylic acids is 1. The van der Waals surface area contributed by atoms with E-state index in [1.54, 1.807) is 0 Å². The molecule has 0 atom stereocenters. The van der Waals surface area contributed by atoms with E-state index < -0.39 is 0 Å². The molecule has 0 bridgehead atoms. The van der Waals surface area contributed by atoms with Gasteiger partial charge in [-0.3, -0.25) is 4.79 Å². The molecule has 2 fully saturated rings. The summed E-state index contributed by atoms with van der Waals surface area (Å²) >= 11 is 0. The minimum Gasteiger partial charge on any atom is -0.356 e. The van der Waals surface area contributed by atoms with Crippen molar-refractivity contribution in [1.82, 2.24) is 10.2 Å². The quantitative estimate of drug-likeness (QED) is 0.685. The zero-order chi connectivity index (χ0) is 13.5. The Hall–Kier alpha value is -0.570. The predicted octanol–water partition coefficient (Wildman–Crippen LogP) is 2.95. The van der Waals surface area contributed by atoms with Crippen LogP contribution in [0.15, 0.2) is 0 Å². The number of hydrogen-bond donors (Lipinski definition) is 1. The lowest BCUT2D eigenvalue weighted by Crippen LogP contribution is -2.34. The van der Waals surface area contributed by atoms with Gasteiger partial charge in [-0.05, 0) is 52.1 Å². The van der Waals surface area contributed by atoms with E-state index >= 15 is 0 Å². The van der Waals surface area contributed by atoms with Crippen LogP contribution in [0.2, 0.25) is 0 Å². The van der Waals surface area contributed by atoms with Crippen molar-refractivity contribution in [1.29, 1.82) is 0 Å². The predicted molar refractivity (Wildman–Crippen MR) is 79.1 cm³/mol. The zero-order valence-electron chi connectivity index (χ0n) is 12.5. The third kappa shape index (κ3) is 5.52. The first kappa shape index (κ1) is 14.8. The second-order valence-electron chi connectivity index (χ2n) is 6.40. The summed E-state index contributed by atoms with van der Waals surface area (Å²) in [6.45, 7) is 2.10. The van der Waals surface area contributed by atoms with Gasteiger partial charge in [-0.1, -0.05) is 25.7 Å². The fraction of sp³-hybridized carbons (Fsp3) is 0.938. The molecule has 0 aromatic carbocycles. The topological polar surface area (TPSA) is 32.3 Å². The van der Waals surface area contributed by atoms with Crippen LogP contribution in [0, 0.1) is 5.92 Å². The van der Waals surface area contributed by atoms with E-state index in [-0.39, 0.29) is 0 Å². The van der Waals surface area contributed by atoms with Crippen molar-refractivity contribution in [2.24, 2.45) is 5.92 Å². The highest BCUT2D eigenvalue weighted by Gasteiger charge is 2.28. The van der Waals surface area contributed by atoms with Gasteiger partial charge in [0.15, 0.2) is 0 Å². The van der Waals surface area contributed by atoms with Gasteiger partial charge < -0.3 is 10.2 Å². The summed E-state index contributed by atoms with van der Waals surface area (Å²) in [6, 6.07) is 0.836. The number of carbonyl (C=O) groups is 1. The molecule has 3 heteroatoms. The lowest BCUT2D eigenvalue weighted by molar-refractivity contribution is -0.122. The van der Waals surface area contributed by atoms with Crippen LogP contribution in [0.5, 0.6) is 0 Å². The summed E-state index contributed by atoms with van der Waals surface area (Å²) in [4.78, 5) is 14.0. The van der Waals surface area contributed by atoms with Crippen LogP contribution < -0.4 is 5.32 Å². The molecule has 2 aliphatic carbocycles. The van der Waals surface area contributed by atoms with Crippen molar-refractivity contribution in [2.75, 3.05) is 20.1 Å². The minimum atomic E-state index is 0.291. The van der Waals surface area contributed by atoms with Gasteiger partial charge in [0.25, 0.3) is 0 Å². The molecule has 1 amide bonds. The fourth-order valence-electron chi connectivity index (χ4n) is 3.07. The van der Waals surface area contributed by atoms with Crippen LogP contribution in [0.3, 0.4) is 0 Å². The maximum Gasteiger partial charge on any atom is 0.223 e. The van der Waals surface area contributed by atoms with E-state index in [1.165, 1.54) is 51.5 Å². The molecule has 0 radical (unpaired) electrons. The maximum atomic E-state index is 11.4. The first-order valence-corrected chi connectivity index (χ1v) is 8.25. The van der Waals surface area contributed by atoms with Crippen molar-refractivity contribution in [3.8, 4) is 0 Å². The van der Waals surface area contributed by atoms with Gasteiger partial charge in [0.05, 0.1) is 0 Å². The summed E-state index contributed by atoms with van der Waals surface area (Å²) in [5.74, 6) is 0.650. The Morgan fingerprint density at radius 2 is 1.79 bits per heavy atom. The van der Waals surface area contributed by atoms with Crippen LogP contribution >= 0.6 is 0 Å². The lowest BCUT2D eigenvalue weighted by Gasteiger charge is -2.31. The van der Waals surface area contributed by atoms with E-state index in [4.69, 9.17) is 0 Å². The highest BCUT2D eigenvalue weighted by atomic mass is 16.2. The molecule has 3 nitrogen and oxygen atoms in total. The highest BCUT2D eigenvalue weighted by molar-refractivity contribution is 5.80. The summed E-state index contributed by atoms with van der Waals surface area (Å²) in [5, 5.41) is 3.04. The highest BCUT2D eigenvalue weighted by Crippen LogP contribution is 2.28. The Balaban J connectivity index is 1.43. The number of hydrogen-bond acceptors (Lipinski definition) is 2. The van der Waals surface area contributed by atoms with Crippen LogP contribution in [-0.4, -0.2) is 37.0 Å². The first-order valence-electron chi connectivity index (χ1n) is 8.25. The smallest absolute Gasteiger partial charge is 0.223 e. The third-order valence-electron chi connectivity index (χ3n) is 4.63. The van der Waals surface area contributed by atoms with Gasteiger partial charge in [-0.2, -0.15) is 0 Å². The molecule has 1 N–H and O–H groups in total. The SMILES string of the molecule is CN(CCCCCNC(=O)C1CC1)C1CCCCC1. The van der Waals surface area contributed by atoms with Crippen LogP contribution in [0.1, 0.15) is 64.2 Å². The second-order valence-corrected chi connectivity index (χ2v) is 6.40. The Labute approximate surface area is 118 Å². The standard InChI is InChI=1S/C16H30N2O/c1-18(15-8-4-2-5-9-15)13-7-3-6-12-17-16(19)14-10-11-14/h14-15H,2-13H2,1H3,(H,17,19). The number of rotatable bonds is 8. The molecule has 0 saturated heterocycles. The average molecular weight is 266 g/mol. The molecular weight excluding hydrogens is 236 g/mol. The number of nitrogens with zero attached hydrogens (tertiary/aromatic N) is 1. The third-order valence-corrected chi connectivity index (χ3v) is 4.63. The molecule has 0 aliphatic heterocycles. The molecule has 0 spiro atoms. The number of nitrogens with one attached hydrogen (secondary N) is 1. The van der Waals surface area contributed by atoms with Crippen LogP contribution in [-0.2, 0) is 4.79 Å². The van der Waals surface area contributed by atoms with Crippen molar-refractivity contribution < 1.29 is 4.79 Å². The van der Waals surface area contributed by atoms with Gasteiger partial charge in [-0.25, -0.2) is 0 Å². The molecule has 0 aromatic rings. The van der Waals surface area contributed by atoms with E-state index in [1.807, 2.05) is 0 Å². The molecule has 2 saturated carbocycles. The van der Waals surface area contributed by atoms with Crippen molar-refractivity contribution in [3.63, 3.8) is 0 Å². The van der Waals surface area contributed by atoms with Crippen LogP contribution in [0.25, 0.3) is 0 Å². The molecule has 0 unspecified atom stereocenters. The molecule has 0 aromatic heterocycles. The monoisotopic (exact) mass is 266 g/mol. The van der Waals surface area contributed by atoms with E-state index in [0.717, 1.165) is 31.8 Å². The van der Waals surface area contributed by atoms with E-state index in [2.05, 4.69) is 17.3 Å². The summed E-state index contributed by atoms with van der Waals surface area (Å²) < 4.78 is 0. The van der Waals surface area contributed by atoms with E-state index in [0.29, 0.717) is 11.8 Å². The average Bonchev–Trinajstić information content (AvgIpc) is 3.27. The summed E-state index contributed by atoms with van der Waals surface area (Å²) in [6.07, 6.45) is 12.9. The molecule has 0 heterocycles. The zero-order valence-corrected chi connectivity index (χ0v) is 12.5. The minimum absolute atomic E-state index is 0.291. The Bertz CT molecular complexity index is 270. The van der Waals surface area contributed by atoms with Crippen molar-refractivity contribution in [2.45, 2.75) is 70.3 Å². The molecular formula is C16H30N2O. The largest absolute Gasteiger partial charge is 0.356 e.